The van der Waals surface area contributed by atoms with Crippen molar-refractivity contribution < 1.29 is 24.2 Å². The molecule has 98 valence electrons. The van der Waals surface area contributed by atoms with Gasteiger partial charge in [0.25, 0.3) is 0 Å². The van der Waals surface area contributed by atoms with Crippen LogP contribution in [0.2, 0.25) is 0 Å². The number of carboxylic acid groups (broad SMARTS) is 2. The van der Waals surface area contributed by atoms with Gasteiger partial charge in [-0.15, -0.1) is 0 Å². The van der Waals surface area contributed by atoms with Gasteiger partial charge >= 0.3 is 11.9 Å². The predicted octanol–water partition coefficient (Wildman–Crippen LogP) is 1.43. The van der Waals surface area contributed by atoms with E-state index in [0.29, 0.717) is 0 Å². The molecule has 0 radical (unpaired) electrons. The summed E-state index contributed by atoms with van der Waals surface area (Å²) < 4.78 is 5.13. The van der Waals surface area contributed by atoms with E-state index in [-0.39, 0.29) is 16.5 Å². The van der Waals surface area contributed by atoms with Gasteiger partial charge in [0.15, 0.2) is 5.43 Å². The lowest BCUT2D eigenvalue weighted by molar-refractivity contribution is -0.136. The van der Waals surface area contributed by atoms with Crippen molar-refractivity contribution in [2.75, 3.05) is 0 Å². The minimum Gasteiger partial charge on any atom is -0.481 e. The van der Waals surface area contributed by atoms with E-state index in [2.05, 4.69) is 0 Å². The Kier molecular flexibility index (Phi) is 3.08. The number of carbonyl (C=O) groups is 2. The zero-order valence-electron chi connectivity index (χ0n) is 9.97. The first-order valence-electron chi connectivity index (χ1n) is 5.41. The van der Waals surface area contributed by atoms with E-state index in [9.17, 15) is 14.4 Å². The molecule has 0 saturated carbocycles. The van der Waals surface area contributed by atoms with E-state index in [1.54, 1.807) is 13.0 Å². The van der Waals surface area contributed by atoms with Crippen LogP contribution in [0.3, 0.4) is 0 Å². The molecule has 2 N–H and O–H groups in total. The number of aliphatic carboxylic acids is 1. The fourth-order valence-corrected chi connectivity index (χ4v) is 1.83. The van der Waals surface area contributed by atoms with E-state index >= 15 is 0 Å². The summed E-state index contributed by atoms with van der Waals surface area (Å²) in [5.41, 5.74) is -0.0471. The molecule has 0 fully saturated rings. The zero-order chi connectivity index (χ0) is 14.2. The average molecular weight is 262 g/mol. The third-order valence-corrected chi connectivity index (χ3v) is 2.66. The van der Waals surface area contributed by atoms with E-state index in [1.807, 2.05) is 0 Å². The Balaban J connectivity index is 2.86. The molecule has 0 aliphatic heterocycles. The predicted molar refractivity (Wildman–Crippen MR) is 65.5 cm³/mol. The Hall–Kier alpha value is -2.63. The van der Waals surface area contributed by atoms with Crippen LogP contribution in [0.25, 0.3) is 11.0 Å². The molecule has 1 aromatic carbocycles. The van der Waals surface area contributed by atoms with Crippen LogP contribution in [0.5, 0.6) is 0 Å². The minimum atomic E-state index is -1.46. The van der Waals surface area contributed by atoms with Gasteiger partial charge < -0.3 is 14.6 Å². The maximum Gasteiger partial charge on any atom is 0.372 e. The summed E-state index contributed by atoms with van der Waals surface area (Å²) in [7, 11) is 0. The van der Waals surface area contributed by atoms with Crippen molar-refractivity contribution in [3.05, 3.63) is 45.3 Å². The second-order valence-electron chi connectivity index (χ2n) is 4.11. The highest BCUT2D eigenvalue weighted by Crippen LogP contribution is 2.17. The molecule has 0 saturated heterocycles. The third kappa shape index (κ3) is 2.33. The number of aryl methyl sites for hydroxylation is 1. The molecule has 0 unspecified atom stereocenters. The van der Waals surface area contributed by atoms with E-state index in [0.717, 1.165) is 5.56 Å². The lowest BCUT2D eigenvalue weighted by Gasteiger charge is -2.05. The van der Waals surface area contributed by atoms with Gasteiger partial charge in [-0.25, -0.2) is 4.79 Å². The fourth-order valence-electron chi connectivity index (χ4n) is 1.83. The molecule has 6 nitrogen and oxygen atoms in total. The highest BCUT2D eigenvalue weighted by molar-refractivity contribution is 5.91. The maximum atomic E-state index is 12.2. The number of carboxylic acids is 2. The van der Waals surface area contributed by atoms with Crippen LogP contribution in [-0.2, 0) is 11.2 Å². The molecule has 0 aliphatic rings. The smallest absolute Gasteiger partial charge is 0.372 e. The van der Waals surface area contributed by atoms with Crippen LogP contribution in [-0.4, -0.2) is 22.2 Å². The Labute approximate surface area is 106 Å². The standard InChI is InChI=1S/C13H10O6/c1-6-2-3-9-7(4-6)11(16)8(5-10(14)15)12(19-9)13(17)18/h2-4H,5H2,1H3,(H,14,15)(H,17,18). The first-order chi connectivity index (χ1) is 8.90. The lowest BCUT2D eigenvalue weighted by Crippen LogP contribution is -2.19. The molecule has 19 heavy (non-hydrogen) atoms. The zero-order valence-corrected chi connectivity index (χ0v) is 9.97. The number of hydrogen-bond acceptors (Lipinski definition) is 4. The van der Waals surface area contributed by atoms with Gasteiger partial charge in [0, 0.05) is 0 Å². The molecule has 1 aromatic heterocycles. The van der Waals surface area contributed by atoms with Crippen molar-refractivity contribution >= 4 is 22.9 Å². The molecule has 1 heterocycles. The molecule has 0 aliphatic carbocycles. The third-order valence-electron chi connectivity index (χ3n) is 2.66. The molecule has 2 rings (SSSR count). The Morgan fingerprint density at radius 1 is 1.26 bits per heavy atom. The Bertz CT molecular complexity index is 741. The highest BCUT2D eigenvalue weighted by atomic mass is 16.4. The van der Waals surface area contributed by atoms with E-state index in [1.165, 1.54) is 12.1 Å². The largest absolute Gasteiger partial charge is 0.481 e. The quantitative estimate of drug-likeness (QED) is 0.866. The van der Waals surface area contributed by atoms with Crippen molar-refractivity contribution in [2.24, 2.45) is 0 Å². The lowest BCUT2D eigenvalue weighted by atomic mass is 10.1. The molecule has 0 bridgehead atoms. The molecular weight excluding hydrogens is 252 g/mol. The van der Waals surface area contributed by atoms with Crippen LogP contribution in [0, 0.1) is 6.92 Å². The van der Waals surface area contributed by atoms with Gasteiger partial charge in [-0.2, -0.15) is 0 Å². The topological polar surface area (TPSA) is 105 Å². The summed E-state index contributed by atoms with van der Waals surface area (Å²) in [6.07, 6.45) is -0.687. The van der Waals surface area contributed by atoms with Crippen LogP contribution < -0.4 is 5.43 Å². The number of aromatic carboxylic acids is 1. The van der Waals surface area contributed by atoms with Gasteiger partial charge in [-0.05, 0) is 19.1 Å². The number of benzene rings is 1. The number of rotatable bonds is 3. The highest BCUT2D eigenvalue weighted by Gasteiger charge is 2.21. The Morgan fingerprint density at radius 3 is 2.53 bits per heavy atom. The molecule has 6 heteroatoms. The van der Waals surface area contributed by atoms with Crippen LogP contribution in [0.4, 0.5) is 0 Å². The van der Waals surface area contributed by atoms with Gasteiger partial charge in [0.05, 0.1) is 17.4 Å². The second-order valence-corrected chi connectivity index (χ2v) is 4.11. The summed E-state index contributed by atoms with van der Waals surface area (Å²) in [4.78, 5) is 33.9. The van der Waals surface area contributed by atoms with Crippen LogP contribution >= 0.6 is 0 Å². The van der Waals surface area contributed by atoms with Crippen LogP contribution in [0.1, 0.15) is 21.7 Å². The van der Waals surface area contributed by atoms with Crippen molar-refractivity contribution in [3.63, 3.8) is 0 Å². The van der Waals surface area contributed by atoms with Crippen molar-refractivity contribution in [2.45, 2.75) is 13.3 Å². The van der Waals surface area contributed by atoms with Crippen LogP contribution in [0.15, 0.2) is 27.4 Å². The molecular formula is C13H10O6. The van der Waals surface area contributed by atoms with E-state index < -0.39 is 29.5 Å². The monoisotopic (exact) mass is 262 g/mol. The van der Waals surface area contributed by atoms with Crippen molar-refractivity contribution in [3.8, 4) is 0 Å². The first kappa shape index (κ1) is 12.8. The normalized spacial score (nSPS) is 10.6. The van der Waals surface area contributed by atoms with Gasteiger partial charge in [-0.1, -0.05) is 11.6 Å². The second kappa shape index (κ2) is 4.56. The minimum absolute atomic E-state index is 0.127. The summed E-state index contributed by atoms with van der Waals surface area (Å²) in [5.74, 6) is -3.37. The van der Waals surface area contributed by atoms with Gasteiger partial charge in [-0.3, -0.25) is 9.59 Å². The molecule has 0 atom stereocenters. The number of fused-ring (bicyclic) bond motifs is 1. The fraction of sp³-hybridized carbons (Fsp3) is 0.154. The van der Waals surface area contributed by atoms with Gasteiger partial charge in [0.1, 0.15) is 5.58 Å². The SMILES string of the molecule is Cc1ccc2oc(C(=O)O)c(CC(=O)O)c(=O)c2c1. The summed E-state index contributed by atoms with van der Waals surface area (Å²) in [5, 5.41) is 17.9. The maximum absolute atomic E-state index is 12.2. The summed E-state index contributed by atoms with van der Waals surface area (Å²) >= 11 is 0. The van der Waals surface area contributed by atoms with Gasteiger partial charge in [0.2, 0.25) is 5.76 Å². The summed E-state index contributed by atoms with van der Waals surface area (Å²) in [6.45, 7) is 1.76. The Morgan fingerprint density at radius 2 is 1.95 bits per heavy atom. The molecule has 2 aromatic rings. The first-order valence-corrected chi connectivity index (χ1v) is 5.41. The average Bonchev–Trinajstić information content (AvgIpc) is 2.32. The summed E-state index contributed by atoms with van der Waals surface area (Å²) in [6, 6.07) is 4.70. The van der Waals surface area contributed by atoms with Crippen molar-refractivity contribution in [1.29, 1.82) is 0 Å². The molecule has 0 amide bonds. The van der Waals surface area contributed by atoms with Crippen molar-refractivity contribution in [1.82, 2.24) is 0 Å². The molecule has 0 spiro atoms. The number of hydrogen-bond donors (Lipinski definition) is 2. The van der Waals surface area contributed by atoms with E-state index in [4.69, 9.17) is 14.6 Å².